The van der Waals surface area contributed by atoms with Gasteiger partial charge in [-0.05, 0) is 48.4 Å². The van der Waals surface area contributed by atoms with Gasteiger partial charge in [0.05, 0.1) is 11.6 Å². The van der Waals surface area contributed by atoms with Gasteiger partial charge in [-0.1, -0.05) is 19.1 Å². The number of rotatable bonds is 5. The smallest absolute Gasteiger partial charge is 0.316 e. The Labute approximate surface area is 174 Å². The average Bonchev–Trinajstić information content (AvgIpc) is 3.31. The van der Waals surface area contributed by atoms with Gasteiger partial charge in [0.2, 0.25) is 17.7 Å². The third-order valence-electron chi connectivity index (χ3n) is 5.48. The van der Waals surface area contributed by atoms with Crippen LogP contribution < -0.4 is 14.5 Å². The number of amides is 3. The maximum Gasteiger partial charge on any atom is 0.316 e. The third kappa shape index (κ3) is 3.83. The zero-order valence-corrected chi connectivity index (χ0v) is 16.7. The molecule has 0 aliphatic carbocycles. The molecule has 7 nitrogen and oxygen atoms in total. The molecule has 4 rings (SSSR count). The van der Waals surface area contributed by atoms with E-state index in [1.54, 1.807) is 29.2 Å². The van der Waals surface area contributed by atoms with Crippen LogP contribution in [0.4, 0.5) is 11.4 Å². The summed E-state index contributed by atoms with van der Waals surface area (Å²) in [7, 11) is 0. The van der Waals surface area contributed by atoms with Gasteiger partial charge in [-0.3, -0.25) is 24.1 Å². The van der Waals surface area contributed by atoms with Crippen LogP contribution in [0, 0.1) is 5.92 Å². The summed E-state index contributed by atoms with van der Waals surface area (Å²) in [6.45, 7) is 2.34. The van der Waals surface area contributed by atoms with Gasteiger partial charge in [-0.15, -0.1) is 0 Å². The molecule has 2 aromatic rings. The Morgan fingerprint density at radius 2 is 1.50 bits per heavy atom. The van der Waals surface area contributed by atoms with Crippen LogP contribution in [0.15, 0.2) is 48.5 Å². The molecular weight excluding hydrogens is 384 g/mol. The van der Waals surface area contributed by atoms with E-state index in [4.69, 9.17) is 4.74 Å². The normalized spacial score (nSPS) is 19.0. The molecule has 30 heavy (non-hydrogen) atoms. The van der Waals surface area contributed by atoms with Crippen molar-refractivity contribution in [2.75, 3.05) is 16.3 Å². The van der Waals surface area contributed by atoms with Crippen LogP contribution in [0.5, 0.6) is 5.75 Å². The van der Waals surface area contributed by atoms with Crippen LogP contribution in [0.1, 0.15) is 31.7 Å². The van der Waals surface area contributed by atoms with Crippen LogP contribution in [0.3, 0.4) is 0 Å². The molecule has 1 atom stereocenters. The fourth-order valence-corrected chi connectivity index (χ4v) is 3.75. The predicted molar refractivity (Wildman–Crippen MR) is 110 cm³/mol. The van der Waals surface area contributed by atoms with Gasteiger partial charge in [0.1, 0.15) is 5.75 Å². The summed E-state index contributed by atoms with van der Waals surface area (Å²) >= 11 is 0. The molecule has 0 unspecified atom stereocenters. The molecule has 0 aromatic heterocycles. The summed E-state index contributed by atoms with van der Waals surface area (Å²) in [5.74, 6) is -1.30. The van der Waals surface area contributed by atoms with Crippen molar-refractivity contribution >= 4 is 35.1 Å². The largest absolute Gasteiger partial charge is 0.426 e. The summed E-state index contributed by atoms with van der Waals surface area (Å²) in [5, 5.41) is 0. The number of aryl methyl sites for hydroxylation is 1. The number of benzene rings is 2. The minimum absolute atomic E-state index is 0.100. The molecule has 2 heterocycles. The van der Waals surface area contributed by atoms with Crippen molar-refractivity contribution < 1.29 is 23.9 Å². The number of carbonyl (C=O) groups excluding carboxylic acids is 4. The maximum absolute atomic E-state index is 12.6. The fraction of sp³-hybridized carbons (Fsp3) is 0.304. The first-order valence-corrected chi connectivity index (χ1v) is 10.0. The monoisotopic (exact) mass is 406 g/mol. The molecule has 0 bridgehead atoms. The Morgan fingerprint density at radius 3 is 2.10 bits per heavy atom. The van der Waals surface area contributed by atoms with E-state index in [-0.39, 0.29) is 43.5 Å². The third-order valence-corrected chi connectivity index (χ3v) is 5.48. The first-order chi connectivity index (χ1) is 14.5. The van der Waals surface area contributed by atoms with Gasteiger partial charge in [-0.25, -0.2) is 0 Å². The van der Waals surface area contributed by atoms with Gasteiger partial charge in [0.15, 0.2) is 0 Å². The average molecular weight is 406 g/mol. The molecule has 2 aromatic carbocycles. The van der Waals surface area contributed by atoms with Crippen molar-refractivity contribution in [1.29, 1.82) is 0 Å². The molecule has 0 radical (unpaired) electrons. The molecule has 0 spiro atoms. The summed E-state index contributed by atoms with van der Waals surface area (Å²) < 4.78 is 5.43. The van der Waals surface area contributed by atoms with Crippen molar-refractivity contribution in [3.8, 4) is 5.75 Å². The Hall–Kier alpha value is -3.48. The van der Waals surface area contributed by atoms with Crippen molar-refractivity contribution in [1.82, 2.24) is 0 Å². The molecule has 2 saturated heterocycles. The zero-order chi connectivity index (χ0) is 21.3. The van der Waals surface area contributed by atoms with Crippen LogP contribution in [-0.4, -0.2) is 30.2 Å². The molecule has 0 N–H and O–H groups in total. The van der Waals surface area contributed by atoms with E-state index < -0.39 is 11.9 Å². The number of esters is 1. The quantitative estimate of drug-likeness (QED) is 0.433. The molecular formula is C23H22N2O5. The lowest BCUT2D eigenvalue weighted by molar-refractivity contribution is -0.139. The molecule has 2 aliphatic heterocycles. The number of carbonyl (C=O) groups is 4. The number of nitrogens with zero attached hydrogens (tertiary/aromatic N) is 2. The van der Waals surface area contributed by atoms with Crippen molar-refractivity contribution in [3.63, 3.8) is 0 Å². The Morgan fingerprint density at radius 1 is 0.900 bits per heavy atom. The van der Waals surface area contributed by atoms with Crippen molar-refractivity contribution in [2.24, 2.45) is 5.92 Å². The molecule has 154 valence electrons. The fourth-order valence-electron chi connectivity index (χ4n) is 3.75. The topological polar surface area (TPSA) is 84.0 Å². The Kier molecular flexibility index (Phi) is 5.35. The number of hydrogen-bond donors (Lipinski definition) is 0. The van der Waals surface area contributed by atoms with E-state index in [0.717, 1.165) is 17.0 Å². The highest BCUT2D eigenvalue weighted by molar-refractivity contribution is 6.19. The van der Waals surface area contributed by atoms with Crippen LogP contribution in [0.25, 0.3) is 0 Å². The minimum Gasteiger partial charge on any atom is -0.426 e. The number of anilines is 2. The van der Waals surface area contributed by atoms with E-state index >= 15 is 0 Å². The highest BCUT2D eigenvalue weighted by atomic mass is 16.5. The molecule has 2 fully saturated rings. The Balaban J connectivity index is 1.39. The second kappa shape index (κ2) is 8.10. The number of ether oxygens (including phenoxy) is 1. The van der Waals surface area contributed by atoms with Gasteiger partial charge in [0.25, 0.3) is 0 Å². The number of hydrogen-bond acceptors (Lipinski definition) is 5. The van der Waals surface area contributed by atoms with Crippen LogP contribution in [0.2, 0.25) is 0 Å². The van der Waals surface area contributed by atoms with E-state index in [1.165, 1.54) is 5.56 Å². The summed E-state index contributed by atoms with van der Waals surface area (Å²) in [6, 6.07) is 14.0. The highest BCUT2D eigenvalue weighted by Gasteiger charge is 2.36. The van der Waals surface area contributed by atoms with Crippen molar-refractivity contribution in [3.05, 3.63) is 54.1 Å². The first kappa shape index (κ1) is 19.8. The first-order valence-electron chi connectivity index (χ1n) is 10.0. The second-order valence-corrected chi connectivity index (χ2v) is 7.46. The van der Waals surface area contributed by atoms with Gasteiger partial charge < -0.3 is 9.64 Å². The zero-order valence-electron chi connectivity index (χ0n) is 16.7. The standard InChI is InChI=1S/C23H22N2O5/c1-2-15-3-5-17(6-4-15)24-14-16(13-22(24)28)23(29)30-19-9-7-18(8-10-19)25-20(26)11-12-21(25)27/h3-10,16H,2,11-14H2,1H3/t16-/m1/s1. The highest BCUT2D eigenvalue weighted by Crippen LogP contribution is 2.28. The van der Waals surface area contributed by atoms with E-state index in [1.807, 2.05) is 24.3 Å². The lowest BCUT2D eigenvalue weighted by Crippen LogP contribution is -2.28. The van der Waals surface area contributed by atoms with Gasteiger partial charge in [-0.2, -0.15) is 0 Å². The minimum atomic E-state index is -0.551. The van der Waals surface area contributed by atoms with E-state index in [9.17, 15) is 19.2 Å². The Bertz CT molecular complexity index is 981. The lowest BCUT2D eigenvalue weighted by Gasteiger charge is -2.17. The number of imide groups is 1. The SMILES string of the molecule is CCc1ccc(N2C[C@H](C(=O)Oc3ccc(N4C(=O)CCC4=O)cc3)CC2=O)cc1. The summed E-state index contributed by atoms with van der Waals surface area (Å²) in [5.41, 5.74) is 2.42. The van der Waals surface area contributed by atoms with Crippen molar-refractivity contribution in [2.45, 2.75) is 32.6 Å². The molecule has 3 amide bonds. The van der Waals surface area contributed by atoms with Gasteiger partial charge in [0, 0.05) is 31.5 Å². The van der Waals surface area contributed by atoms with Gasteiger partial charge >= 0.3 is 5.97 Å². The summed E-state index contributed by atoms with van der Waals surface area (Å²) in [4.78, 5) is 51.4. The van der Waals surface area contributed by atoms with Crippen LogP contribution in [-0.2, 0) is 25.6 Å². The second-order valence-electron chi connectivity index (χ2n) is 7.46. The van der Waals surface area contributed by atoms with Crippen LogP contribution >= 0.6 is 0 Å². The van der Waals surface area contributed by atoms with E-state index in [2.05, 4.69) is 6.92 Å². The molecule has 0 saturated carbocycles. The molecule has 7 heteroatoms. The lowest BCUT2D eigenvalue weighted by atomic mass is 10.1. The van der Waals surface area contributed by atoms with E-state index in [0.29, 0.717) is 11.4 Å². The maximum atomic E-state index is 12.6. The molecule has 2 aliphatic rings. The summed E-state index contributed by atoms with van der Waals surface area (Å²) in [6.07, 6.45) is 1.44. The predicted octanol–water partition coefficient (Wildman–Crippen LogP) is 2.86.